The Balaban J connectivity index is 1.92. The molecule has 1 aromatic heterocycles. The standard InChI is InChI=1S/C19H22F2N2O2/c1-11(2)7-13(22)10-24-16-4-3-15-14-5-6-23-8-12(14)9-25-18(15)17(16)19(20)21/h3-6,8,11,13,19H,7,9-10,22H2,1-2H3. The molecule has 3 rings (SSSR count). The van der Waals surface area contributed by atoms with Crippen molar-refractivity contribution in [3.8, 4) is 22.6 Å². The van der Waals surface area contributed by atoms with Gasteiger partial charge < -0.3 is 15.2 Å². The average Bonchev–Trinajstić information content (AvgIpc) is 2.58. The van der Waals surface area contributed by atoms with Crippen LogP contribution in [-0.2, 0) is 6.61 Å². The van der Waals surface area contributed by atoms with E-state index < -0.39 is 6.43 Å². The molecule has 0 radical (unpaired) electrons. The third-order valence-electron chi connectivity index (χ3n) is 4.17. The van der Waals surface area contributed by atoms with Gasteiger partial charge in [0.05, 0.1) is 0 Å². The number of benzene rings is 1. The summed E-state index contributed by atoms with van der Waals surface area (Å²) in [6.45, 7) is 4.52. The number of nitrogens with zero attached hydrogens (tertiary/aromatic N) is 1. The maximum Gasteiger partial charge on any atom is 0.271 e. The minimum absolute atomic E-state index is 0.130. The number of nitrogens with two attached hydrogens (primary N) is 1. The Kier molecular flexibility index (Phi) is 5.18. The number of fused-ring (bicyclic) bond motifs is 3. The number of rotatable bonds is 6. The summed E-state index contributed by atoms with van der Waals surface area (Å²) >= 11 is 0. The van der Waals surface area contributed by atoms with Crippen LogP contribution in [0.4, 0.5) is 8.78 Å². The fraction of sp³-hybridized carbons (Fsp3) is 0.421. The molecule has 0 spiro atoms. The van der Waals surface area contributed by atoms with Crippen LogP contribution in [0.1, 0.15) is 37.8 Å². The number of hydrogen-bond donors (Lipinski definition) is 1. The Morgan fingerprint density at radius 2 is 2.04 bits per heavy atom. The van der Waals surface area contributed by atoms with Crippen LogP contribution >= 0.6 is 0 Å². The largest absolute Gasteiger partial charge is 0.491 e. The van der Waals surface area contributed by atoms with Gasteiger partial charge in [0.2, 0.25) is 0 Å². The van der Waals surface area contributed by atoms with Gasteiger partial charge in [-0.05, 0) is 36.1 Å². The van der Waals surface area contributed by atoms with Crippen molar-refractivity contribution in [1.29, 1.82) is 0 Å². The molecule has 2 heterocycles. The van der Waals surface area contributed by atoms with E-state index in [4.69, 9.17) is 15.2 Å². The summed E-state index contributed by atoms with van der Waals surface area (Å²) in [6.07, 6.45) is 1.40. The van der Waals surface area contributed by atoms with Crippen molar-refractivity contribution in [1.82, 2.24) is 4.98 Å². The third-order valence-corrected chi connectivity index (χ3v) is 4.17. The SMILES string of the molecule is CC(C)CC(N)COc1ccc2c(c1C(F)F)OCc1cnccc1-2. The molecule has 0 aliphatic carbocycles. The van der Waals surface area contributed by atoms with Gasteiger partial charge in [0.1, 0.15) is 30.3 Å². The van der Waals surface area contributed by atoms with Gasteiger partial charge in [-0.3, -0.25) is 4.98 Å². The molecule has 1 aliphatic rings. The monoisotopic (exact) mass is 348 g/mol. The lowest BCUT2D eigenvalue weighted by molar-refractivity contribution is 0.136. The van der Waals surface area contributed by atoms with Crippen molar-refractivity contribution in [3.63, 3.8) is 0 Å². The highest BCUT2D eigenvalue weighted by Crippen LogP contribution is 2.46. The summed E-state index contributed by atoms with van der Waals surface area (Å²) in [5, 5.41) is 0. The predicted molar refractivity (Wildman–Crippen MR) is 91.9 cm³/mol. The van der Waals surface area contributed by atoms with E-state index in [1.165, 1.54) is 0 Å². The molecular formula is C19H22F2N2O2. The fourth-order valence-corrected chi connectivity index (χ4v) is 3.11. The lowest BCUT2D eigenvalue weighted by Crippen LogP contribution is -2.29. The van der Waals surface area contributed by atoms with Crippen molar-refractivity contribution in [3.05, 3.63) is 41.7 Å². The van der Waals surface area contributed by atoms with Gasteiger partial charge in [-0.25, -0.2) is 8.78 Å². The van der Waals surface area contributed by atoms with Crippen LogP contribution in [0, 0.1) is 5.92 Å². The highest BCUT2D eigenvalue weighted by Gasteiger charge is 2.28. The van der Waals surface area contributed by atoms with E-state index >= 15 is 0 Å². The molecule has 134 valence electrons. The summed E-state index contributed by atoms with van der Waals surface area (Å²) in [4.78, 5) is 4.05. The number of alkyl halides is 2. The van der Waals surface area contributed by atoms with Gasteiger partial charge >= 0.3 is 0 Å². The average molecular weight is 348 g/mol. The van der Waals surface area contributed by atoms with Crippen LogP contribution in [0.25, 0.3) is 11.1 Å². The Morgan fingerprint density at radius 1 is 1.24 bits per heavy atom. The normalized spacial score (nSPS) is 14.0. The molecule has 0 saturated heterocycles. The maximum atomic E-state index is 13.7. The predicted octanol–water partition coefficient (Wildman–Crippen LogP) is 4.33. The molecule has 2 N–H and O–H groups in total. The molecule has 25 heavy (non-hydrogen) atoms. The van der Waals surface area contributed by atoms with E-state index in [2.05, 4.69) is 18.8 Å². The molecule has 0 saturated carbocycles. The highest BCUT2D eigenvalue weighted by atomic mass is 19.3. The zero-order chi connectivity index (χ0) is 18.0. The van der Waals surface area contributed by atoms with Crippen molar-refractivity contribution >= 4 is 0 Å². The number of ether oxygens (including phenoxy) is 2. The number of aromatic nitrogens is 1. The first-order chi connectivity index (χ1) is 12.0. The molecule has 1 atom stereocenters. The van der Waals surface area contributed by atoms with Gasteiger partial charge in [-0.2, -0.15) is 0 Å². The number of halogens is 2. The quantitative estimate of drug-likeness (QED) is 0.844. The van der Waals surface area contributed by atoms with Crippen molar-refractivity contribution in [2.45, 2.75) is 39.3 Å². The first kappa shape index (κ1) is 17.6. The van der Waals surface area contributed by atoms with Gasteiger partial charge in [-0.15, -0.1) is 0 Å². The van der Waals surface area contributed by atoms with Crippen LogP contribution in [0.3, 0.4) is 0 Å². The third kappa shape index (κ3) is 3.74. The number of hydrogen-bond acceptors (Lipinski definition) is 4. The van der Waals surface area contributed by atoms with Crippen LogP contribution in [0.5, 0.6) is 11.5 Å². The number of pyridine rings is 1. The van der Waals surface area contributed by atoms with Crippen LogP contribution < -0.4 is 15.2 Å². The Hall–Kier alpha value is -2.21. The zero-order valence-corrected chi connectivity index (χ0v) is 14.3. The van der Waals surface area contributed by atoms with Crippen LogP contribution in [-0.4, -0.2) is 17.6 Å². The summed E-state index contributed by atoms with van der Waals surface area (Å²) in [7, 11) is 0. The molecule has 4 nitrogen and oxygen atoms in total. The second-order valence-corrected chi connectivity index (χ2v) is 6.68. The van der Waals surface area contributed by atoms with E-state index in [0.29, 0.717) is 11.5 Å². The second kappa shape index (κ2) is 7.35. The summed E-state index contributed by atoms with van der Waals surface area (Å²) in [5.74, 6) is 0.735. The molecule has 2 aromatic rings. The molecule has 1 aromatic carbocycles. The smallest absolute Gasteiger partial charge is 0.271 e. The van der Waals surface area contributed by atoms with Gasteiger partial charge in [0.25, 0.3) is 6.43 Å². The van der Waals surface area contributed by atoms with E-state index in [9.17, 15) is 8.78 Å². The molecule has 0 fully saturated rings. The van der Waals surface area contributed by atoms with Crippen LogP contribution in [0.2, 0.25) is 0 Å². The lowest BCUT2D eigenvalue weighted by Gasteiger charge is -2.25. The second-order valence-electron chi connectivity index (χ2n) is 6.68. The Bertz CT molecular complexity index is 750. The highest BCUT2D eigenvalue weighted by molar-refractivity contribution is 5.77. The topological polar surface area (TPSA) is 57.4 Å². The summed E-state index contributed by atoms with van der Waals surface area (Å²) in [5.41, 5.74) is 8.16. The molecule has 1 unspecified atom stereocenters. The van der Waals surface area contributed by atoms with Gasteiger partial charge in [0, 0.05) is 29.6 Å². The first-order valence-electron chi connectivity index (χ1n) is 8.36. The molecule has 0 bridgehead atoms. The van der Waals surface area contributed by atoms with E-state index in [0.717, 1.165) is 17.5 Å². The molecular weight excluding hydrogens is 326 g/mol. The molecule has 1 aliphatic heterocycles. The van der Waals surface area contributed by atoms with E-state index in [-0.39, 0.29) is 36.3 Å². The minimum Gasteiger partial charge on any atom is -0.491 e. The van der Waals surface area contributed by atoms with Crippen molar-refractivity contribution < 1.29 is 18.3 Å². The van der Waals surface area contributed by atoms with Crippen molar-refractivity contribution in [2.24, 2.45) is 11.7 Å². The fourth-order valence-electron chi connectivity index (χ4n) is 3.11. The maximum absolute atomic E-state index is 13.7. The van der Waals surface area contributed by atoms with E-state index in [1.54, 1.807) is 24.5 Å². The first-order valence-corrected chi connectivity index (χ1v) is 8.36. The zero-order valence-electron chi connectivity index (χ0n) is 14.3. The van der Waals surface area contributed by atoms with Crippen molar-refractivity contribution in [2.75, 3.05) is 6.61 Å². The summed E-state index contributed by atoms with van der Waals surface area (Å²) < 4.78 is 38.7. The van der Waals surface area contributed by atoms with E-state index in [1.807, 2.05) is 6.07 Å². The Labute approximate surface area is 146 Å². The summed E-state index contributed by atoms with van der Waals surface area (Å²) in [6, 6.07) is 4.93. The minimum atomic E-state index is -2.70. The lowest BCUT2D eigenvalue weighted by atomic mass is 9.96. The van der Waals surface area contributed by atoms with Gasteiger partial charge in [0.15, 0.2) is 0 Å². The molecule has 6 heteroatoms. The van der Waals surface area contributed by atoms with Gasteiger partial charge in [-0.1, -0.05) is 13.8 Å². The Morgan fingerprint density at radius 3 is 2.76 bits per heavy atom. The molecule has 0 amide bonds. The van der Waals surface area contributed by atoms with Crippen LogP contribution in [0.15, 0.2) is 30.6 Å².